The molecule has 3 aromatic rings. The molecular formula is C21H17Cl2F3N4O. The SMILES string of the molecule is O=C(/C=C/c1cccc(Cl)c1Cl)N1CCCC(c2nnc3ccc(C(F)(F)F)cn23)C1. The third-order valence-corrected chi connectivity index (χ3v) is 6.07. The molecule has 5 nitrogen and oxygen atoms in total. The minimum atomic E-state index is -4.46. The molecule has 0 saturated carbocycles. The molecule has 0 bridgehead atoms. The Morgan fingerprint density at radius 2 is 1.97 bits per heavy atom. The van der Waals surface area contributed by atoms with E-state index in [4.69, 9.17) is 23.2 Å². The van der Waals surface area contributed by atoms with Gasteiger partial charge in [0.05, 0.1) is 15.6 Å². The lowest BCUT2D eigenvalue weighted by molar-refractivity contribution is -0.137. The van der Waals surface area contributed by atoms with E-state index in [-0.39, 0.29) is 11.8 Å². The lowest BCUT2D eigenvalue weighted by Crippen LogP contribution is -2.38. The molecule has 1 aliphatic heterocycles. The number of benzene rings is 1. The topological polar surface area (TPSA) is 50.5 Å². The average molecular weight is 469 g/mol. The number of alkyl halides is 3. The van der Waals surface area contributed by atoms with Crippen molar-refractivity contribution in [1.29, 1.82) is 0 Å². The monoisotopic (exact) mass is 468 g/mol. The molecule has 1 fully saturated rings. The largest absolute Gasteiger partial charge is 0.417 e. The number of carbonyl (C=O) groups excluding carboxylic acids is 1. The first-order chi connectivity index (χ1) is 14.7. The van der Waals surface area contributed by atoms with Gasteiger partial charge in [-0.2, -0.15) is 13.2 Å². The van der Waals surface area contributed by atoms with Crippen LogP contribution in [0.5, 0.6) is 0 Å². The normalized spacial score (nSPS) is 17.6. The van der Waals surface area contributed by atoms with E-state index in [0.29, 0.717) is 53.0 Å². The van der Waals surface area contributed by atoms with Crippen molar-refractivity contribution in [2.24, 2.45) is 0 Å². The predicted octanol–water partition coefficient (Wildman–Crippen LogP) is 5.47. The van der Waals surface area contributed by atoms with Crippen LogP contribution in [0.25, 0.3) is 11.7 Å². The fourth-order valence-electron chi connectivity index (χ4n) is 3.66. The van der Waals surface area contributed by atoms with Gasteiger partial charge in [0.15, 0.2) is 5.65 Å². The Morgan fingerprint density at radius 3 is 2.74 bits per heavy atom. The van der Waals surface area contributed by atoms with E-state index >= 15 is 0 Å². The molecule has 1 aromatic carbocycles. The van der Waals surface area contributed by atoms with Crippen LogP contribution in [0.4, 0.5) is 13.2 Å². The van der Waals surface area contributed by atoms with Crippen molar-refractivity contribution in [1.82, 2.24) is 19.5 Å². The molecule has 0 N–H and O–H groups in total. The third-order valence-electron chi connectivity index (χ3n) is 5.24. The highest BCUT2D eigenvalue weighted by molar-refractivity contribution is 6.42. The molecule has 1 amide bonds. The molecule has 0 radical (unpaired) electrons. The van der Waals surface area contributed by atoms with Crippen LogP contribution >= 0.6 is 23.2 Å². The Hall–Kier alpha value is -2.58. The third kappa shape index (κ3) is 4.55. The molecule has 1 unspecified atom stereocenters. The number of fused-ring (bicyclic) bond motifs is 1. The number of aromatic nitrogens is 3. The molecule has 1 saturated heterocycles. The summed E-state index contributed by atoms with van der Waals surface area (Å²) >= 11 is 12.1. The fraction of sp³-hybridized carbons (Fsp3) is 0.286. The number of hydrogen-bond donors (Lipinski definition) is 0. The highest BCUT2D eigenvalue weighted by Crippen LogP contribution is 2.32. The van der Waals surface area contributed by atoms with Gasteiger partial charge in [0.2, 0.25) is 5.91 Å². The summed E-state index contributed by atoms with van der Waals surface area (Å²) in [4.78, 5) is 14.4. The average Bonchev–Trinajstić information content (AvgIpc) is 3.17. The lowest BCUT2D eigenvalue weighted by Gasteiger charge is -2.31. The Labute approximate surface area is 186 Å². The molecular weight excluding hydrogens is 452 g/mol. The number of nitrogens with zero attached hydrogens (tertiary/aromatic N) is 4. The molecule has 1 aliphatic rings. The quantitative estimate of drug-likeness (QED) is 0.478. The van der Waals surface area contributed by atoms with Gasteiger partial charge in [-0.1, -0.05) is 35.3 Å². The van der Waals surface area contributed by atoms with E-state index in [1.807, 2.05) is 0 Å². The number of carbonyl (C=O) groups is 1. The number of amides is 1. The summed E-state index contributed by atoms with van der Waals surface area (Å²) in [6.07, 6.45) is 0.968. The van der Waals surface area contributed by atoms with E-state index in [0.717, 1.165) is 12.3 Å². The number of halogens is 5. The van der Waals surface area contributed by atoms with E-state index in [1.54, 1.807) is 29.2 Å². The van der Waals surface area contributed by atoms with Crippen LogP contribution in [-0.2, 0) is 11.0 Å². The minimum absolute atomic E-state index is 0.217. The van der Waals surface area contributed by atoms with Gasteiger partial charge in [-0.15, -0.1) is 10.2 Å². The van der Waals surface area contributed by atoms with Gasteiger partial charge in [0.25, 0.3) is 0 Å². The summed E-state index contributed by atoms with van der Waals surface area (Å²) < 4.78 is 40.7. The number of hydrogen-bond acceptors (Lipinski definition) is 3. The zero-order chi connectivity index (χ0) is 22.2. The van der Waals surface area contributed by atoms with Crippen molar-refractivity contribution >= 4 is 40.8 Å². The van der Waals surface area contributed by atoms with Gasteiger partial charge in [-0.05, 0) is 42.7 Å². The minimum Gasteiger partial charge on any atom is -0.338 e. The van der Waals surface area contributed by atoms with Crippen LogP contribution in [0, 0.1) is 0 Å². The van der Waals surface area contributed by atoms with E-state index in [1.165, 1.54) is 16.5 Å². The smallest absolute Gasteiger partial charge is 0.338 e. The molecule has 10 heteroatoms. The maximum atomic E-state index is 13.1. The zero-order valence-electron chi connectivity index (χ0n) is 16.1. The number of pyridine rings is 1. The van der Waals surface area contributed by atoms with Crippen LogP contribution in [0.1, 0.15) is 35.7 Å². The summed E-state index contributed by atoms with van der Waals surface area (Å²) in [6, 6.07) is 7.42. The summed E-state index contributed by atoms with van der Waals surface area (Å²) in [6.45, 7) is 0.886. The Morgan fingerprint density at radius 1 is 1.16 bits per heavy atom. The molecule has 1 atom stereocenters. The van der Waals surface area contributed by atoms with Crippen molar-refractivity contribution in [3.05, 3.63) is 69.6 Å². The number of rotatable bonds is 3. The van der Waals surface area contributed by atoms with Crippen LogP contribution in [0.15, 0.2) is 42.6 Å². The van der Waals surface area contributed by atoms with Gasteiger partial charge in [-0.3, -0.25) is 9.20 Å². The van der Waals surface area contributed by atoms with Gasteiger partial charge >= 0.3 is 6.18 Å². The molecule has 2 aromatic heterocycles. The highest BCUT2D eigenvalue weighted by Gasteiger charge is 2.32. The molecule has 0 aliphatic carbocycles. The van der Waals surface area contributed by atoms with E-state index < -0.39 is 11.7 Å². The summed E-state index contributed by atoms with van der Waals surface area (Å²) in [5.74, 6) is -0.0228. The lowest BCUT2D eigenvalue weighted by atomic mass is 9.97. The second-order valence-corrected chi connectivity index (χ2v) is 8.09. The second kappa shape index (κ2) is 8.51. The number of piperidine rings is 1. The van der Waals surface area contributed by atoms with E-state index in [9.17, 15) is 18.0 Å². The number of likely N-dealkylation sites (tertiary alicyclic amines) is 1. The fourth-order valence-corrected chi connectivity index (χ4v) is 4.03. The van der Waals surface area contributed by atoms with Crippen molar-refractivity contribution in [3.63, 3.8) is 0 Å². The zero-order valence-corrected chi connectivity index (χ0v) is 17.6. The van der Waals surface area contributed by atoms with E-state index in [2.05, 4.69) is 10.2 Å². The molecule has 162 valence electrons. The van der Waals surface area contributed by atoms with Crippen molar-refractivity contribution in [2.75, 3.05) is 13.1 Å². The van der Waals surface area contributed by atoms with Gasteiger partial charge in [0.1, 0.15) is 5.82 Å². The maximum Gasteiger partial charge on any atom is 0.417 e. The summed E-state index contributed by atoms with van der Waals surface area (Å²) in [7, 11) is 0. The van der Waals surface area contributed by atoms with Crippen molar-refractivity contribution < 1.29 is 18.0 Å². The van der Waals surface area contributed by atoms with Crippen LogP contribution in [-0.4, -0.2) is 38.5 Å². The molecule has 31 heavy (non-hydrogen) atoms. The van der Waals surface area contributed by atoms with Crippen molar-refractivity contribution in [3.8, 4) is 0 Å². The van der Waals surface area contributed by atoms with Crippen molar-refractivity contribution in [2.45, 2.75) is 24.9 Å². The maximum absolute atomic E-state index is 13.1. The van der Waals surface area contributed by atoms with Gasteiger partial charge in [0, 0.05) is 31.3 Å². The first kappa shape index (κ1) is 21.6. The Balaban J connectivity index is 1.54. The van der Waals surface area contributed by atoms with Gasteiger partial charge in [-0.25, -0.2) is 0 Å². The molecule has 0 spiro atoms. The standard InChI is InChI=1S/C21H17Cl2F3N4O/c22-16-5-1-3-13(19(16)23)6-9-18(31)29-10-2-4-14(11-29)20-28-27-17-8-7-15(12-30(17)20)21(24,25)26/h1,3,5-9,12,14H,2,4,10-11H2/b9-6+. The molecule has 3 heterocycles. The first-order valence-corrected chi connectivity index (χ1v) is 10.3. The summed E-state index contributed by atoms with van der Waals surface area (Å²) in [5, 5.41) is 8.85. The van der Waals surface area contributed by atoms with Crippen LogP contribution < -0.4 is 0 Å². The highest BCUT2D eigenvalue weighted by atomic mass is 35.5. The van der Waals surface area contributed by atoms with Crippen LogP contribution in [0.3, 0.4) is 0 Å². The molecule has 4 rings (SSSR count). The Bertz CT molecular complexity index is 1160. The van der Waals surface area contributed by atoms with Crippen LogP contribution in [0.2, 0.25) is 10.0 Å². The second-order valence-electron chi connectivity index (χ2n) is 7.30. The Kier molecular flexibility index (Phi) is 5.94. The predicted molar refractivity (Wildman–Crippen MR) is 112 cm³/mol. The first-order valence-electron chi connectivity index (χ1n) is 9.57. The van der Waals surface area contributed by atoms with Gasteiger partial charge < -0.3 is 4.90 Å². The summed E-state index contributed by atoms with van der Waals surface area (Å²) in [5.41, 5.74) is 0.187.